The molecule has 0 aliphatic heterocycles. The molecule has 0 saturated carbocycles. The number of hydrogen-bond acceptors (Lipinski definition) is 3. The van der Waals surface area contributed by atoms with Crippen LogP contribution in [0.15, 0.2) is 47.8 Å². The largest absolute Gasteiger partial charge is 0.478 e. The Hall–Kier alpha value is -2.48. The summed E-state index contributed by atoms with van der Waals surface area (Å²) in [6, 6.07) is 10.4. The lowest BCUT2D eigenvalue weighted by Crippen LogP contribution is -2.26. The summed E-state index contributed by atoms with van der Waals surface area (Å²) in [5.74, 6) is -3.09. The zero-order valence-corrected chi connectivity index (χ0v) is 16.9. The van der Waals surface area contributed by atoms with Crippen LogP contribution in [-0.4, -0.2) is 23.2 Å². The molecular weight excluding hydrogens is 443 g/mol. The number of carbonyl (C=O) groups excluding carboxylic acids is 1. The Labute approximate surface area is 178 Å². The fourth-order valence-electron chi connectivity index (χ4n) is 2.69. The van der Waals surface area contributed by atoms with Gasteiger partial charge in [0.2, 0.25) is 0 Å². The molecule has 1 heterocycles. The maximum atomic E-state index is 14.4. The van der Waals surface area contributed by atoms with E-state index in [1.165, 1.54) is 12.1 Å². The highest BCUT2D eigenvalue weighted by molar-refractivity contribution is 7.15. The summed E-state index contributed by atoms with van der Waals surface area (Å²) in [5.41, 5.74) is 0.658. The third-order valence-electron chi connectivity index (χ3n) is 4.13. The molecular formula is C20H13Cl2F2NO3S. The molecule has 0 spiro atoms. The SMILES string of the molecule is O=C(O)c1c(-c2ccc(Cl)cc2)csc1NC(=O)C(F)Cc1c(F)cccc1Cl. The molecule has 1 unspecified atom stereocenters. The highest BCUT2D eigenvalue weighted by Crippen LogP contribution is 2.36. The van der Waals surface area contributed by atoms with Gasteiger partial charge < -0.3 is 10.4 Å². The summed E-state index contributed by atoms with van der Waals surface area (Å²) in [4.78, 5) is 24.0. The van der Waals surface area contributed by atoms with Gasteiger partial charge in [-0.05, 0) is 29.8 Å². The summed E-state index contributed by atoms with van der Waals surface area (Å²) < 4.78 is 28.3. The van der Waals surface area contributed by atoms with Crippen LogP contribution in [0.4, 0.5) is 13.8 Å². The average Bonchev–Trinajstić information content (AvgIpc) is 3.09. The molecule has 1 atom stereocenters. The minimum atomic E-state index is -2.12. The second kappa shape index (κ2) is 8.90. The van der Waals surface area contributed by atoms with Crippen LogP contribution in [0, 0.1) is 5.82 Å². The molecule has 0 radical (unpaired) electrons. The zero-order valence-electron chi connectivity index (χ0n) is 14.6. The molecule has 0 aliphatic rings. The first-order chi connectivity index (χ1) is 13.8. The lowest BCUT2D eigenvalue weighted by molar-refractivity contribution is -0.120. The van der Waals surface area contributed by atoms with E-state index in [2.05, 4.69) is 5.32 Å². The molecule has 150 valence electrons. The number of rotatable bonds is 6. The van der Waals surface area contributed by atoms with Crippen molar-refractivity contribution in [2.24, 2.45) is 0 Å². The van der Waals surface area contributed by atoms with Crippen molar-refractivity contribution in [3.05, 3.63) is 74.8 Å². The fourth-order valence-corrected chi connectivity index (χ4v) is 4.02. The number of benzene rings is 2. The molecule has 4 nitrogen and oxygen atoms in total. The molecule has 3 rings (SSSR count). The van der Waals surface area contributed by atoms with Gasteiger partial charge in [-0.15, -0.1) is 11.3 Å². The number of amides is 1. The molecule has 0 fully saturated rings. The van der Waals surface area contributed by atoms with Gasteiger partial charge in [-0.1, -0.05) is 41.4 Å². The number of anilines is 1. The van der Waals surface area contributed by atoms with E-state index in [-0.39, 0.29) is 21.2 Å². The Kier molecular flexibility index (Phi) is 6.52. The lowest BCUT2D eigenvalue weighted by Gasteiger charge is -2.11. The Morgan fingerprint density at radius 1 is 1.14 bits per heavy atom. The van der Waals surface area contributed by atoms with E-state index < -0.39 is 30.3 Å². The molecule has 3 aromatic rings. The maximum Gasteiger partial charge on any atom is 0.339 e. The van der Waals surface area contributed by atoms with E-state index >= 15 is 0 Å². The summed E-state index contributed by atoms with van der Waals surface area (Å²) >= 11 is 12.7. The second-order valence-electron chi connectivity index (χ2n) is 6.03. The van der Waals surface area contributed by atoms with Gasteiger partial charge in [-0.2, -0.15) is 0 Å². The van der Waals surface area contributed by atoms with Crippen LogP contribution in [0.5, 0.6) is 0 Å². The van der Waals surface area contributed by atoms with E-state index in [1.54, 1.807) is 29.6 Å². The maximum absolute atomic E-state index is 14.4. The van der Waals surface area contributed by atoms with Crippen molar-refractivity contribution in [3.8, 4) is 11.1 Å². The summed E-state index contributed by atoms with van der Waals surface area (Å²) in [7, 11) is 0. The molecule has 9 heteroatoms. The first-order valence-electron chi connectivity index (χ1n) is 8.26. The van der Waals surface area contributed by atoms with Gasteiger partial charge in [0, 0.05) is 33.0 Å². The standard InChI is InChI=1S/C20H13Cl2F2NO3S/c21-11-6-4-10(5-7-11)13-9-29-19(17(13)20(27)28)25-18(26)16(24)8-12-14(22)2-1-3-15(12)23/h1-7,9,16H,8H2,(H,25,26)(H,27,28). The van der Waals surface area contributed by atoms with Crippen molar-refractivity contribution in [2.75, 3.05) is 5.32 Å². The van der Waals surface area contributed by atoms with Crippen molar-refractivity contribution >= 4 is 51.4 Å². The minimum Gasteiger partial charge on any atom is -0.478 e. The number of thiophene rings is 1. The van der Waals surface area contributed by atoms with Gasteiger partial charge >= 0.3 is 5.97 Å². The average molecular weight is 456 g/mol. The van der Waals surface area contributed by atoms with Gasteiger partial charge in [0.05, 0.1) is 0 Å². The number of carbonyl (C=O) groups is 2. The number of carboxylic acids is 1. The third-order valence-corrected chi connectivity index (χ3v) is 5.63. The Balaban J connectivity index is 1.83. The summed E-state index contributed by atoms with van der Waals surface area (Å²) in [6.45, 7) is 0. The number of aromatic carboxylic acids is 1. The fraction of sp³-hybridized carbons (Fsp3) is 0.100. The van der Waals surface area contributed by atoms with Crippen molar-refractivity contribution < 1.29 is 23.5 Å². The van der Waals surface area contributed by atoms with Gasteiger partial charge in [-0.25, -0.2) is 13.6 Å². The third kappa shape index (κ3) is 4.75. The molecule has 2 aromatic carbocycles. The van der Waals surface area contributed by atoms with Crippen LogP contribution in [0.25, 0.3) is 11.1 Å². The molecule has 0 saturated heterocycles. The van der Waals surface area contributed by atoms with Crippen LogP contribution < -0.4 is 5.32 Å². The normalized spacial score (nSPS) is 11.9. The van der Waals surface area contributed by atoms with Gasteiger partial charge in [-0.3, -0.25) is 4.79 Å². The predicted molar refractivity (Wildman–Crippen MR) is 110 cm³/mol. The summed E-state index contributed by atoms with van der Waals surface area (Å²) in [6.07, 6.45) is -2.69. The predicted octanol–water partition coefficient (Wildman–Crippen LogP) is 6.08. The van der Waals surface area contributed by atoms with Crippen LogP contribution in [0.2, 0.25) is 10.0 Å². The van der Waals surface area contributed by atoms with Gasteiger partial charge in [0.25, 0.3) is 5.91 Å². The van der Waals surface area contributed by atoms with Crippen molar-refractivity contribution in [3.63, 3.8) is 0 Å². The number of halogens is 4. The van der Waals surface area contributed by atoms with E-state index in [0.29, 0.717) is 16.1 Å². The Bertz CT molecular complexity index is 1050. The topological polar surface area (TPSA) is 66.4 Å². The number of hydrogen-bond donors (Lipinski definition) is 2. The monoisotopic (exact) mass is 455 g/mol. The van der Waals surface area contributed by atoms with Crippen molar-refractivity contribution in [2.45, 2.75) is 12.6 Å². The molecule has 0 bridgehead atoms. The van der Waals surface area contributed by atoms with E-state index in [1.807, 2.05) is 0 Å². The number of alkyl halides is 1. The number of nitrogens with one attached hydrogen (secondary N) is 1. The molecule has 2 N–H and O–H groups in total. The first kappa shape index (κ1) is 21.2. The van der Waals surface area contributed by atoms with Crippen LogP contribution in [0.3, 0.4) is 0 Å². The van der Waals surface area contributed by atoms with Crippen molar-refractivity contribution in [1.82, 2.24) is 0 Å². The molecule has 0 aliphatic carbocycles. The zero-order chi connectivity index (χ0) is 21.1. The van der Waals surface area contributed by atoms with Crippen LogP contribution >= 0.6 is 34.5 Å². The number of carboxylic acid groups (broad SMARTS) is 1. The van der Waals surface area contributed by atoms with Crippen LogP contribution in [-0.2, 0) is 11.2 Å². The van der Waals surface area contributed by atoms with Crippen molar-refractivity contribution in [1.29, 1.82) is 0 Å². The van der Waals surface area contributed by atoms with Gasteiger partial charge in [0.15, 0.2) is 6.17 Å². The minimum absolute atomic E-state index is 0.00724. The molecule has 1 aromatic heterocycles. The van der Waals surface area contributed by atoms with E-state index in [9.17, 15) is 23.5 Å². The summed E-state index contributed by atoms with van der Waals surface area (Å²) in [5, 5.41) is 13.9. The van der Waals surface area contributed by atoms with Gasteiger partial charge in [0.1, 0.15) is 16.4 Å². The highest BCUT2D eigenvalue weighted by atomic mass is 35.5. The second-order valence-corrected chi connectivity index (χ2v) is 7.75. The smallest absolute Gasteiger partial charge is 0.339 e. The Morgan fingerprint density at radius 3 is 2.45 bits per heavy atom. The Morgan fingerprint density at radius 2 is 1.83 bits per heavy atom. The molecule has 1 amide bonds. The lowest BCUT2D eigenvalue weighted by atomic mass is 10.0. The molecule has 29 heavy (non-hydrogen) atoms. The first-order valence-corrected chi connectivity index (χ1v) is 9.90. The van der Waals surface area contributed by atoms with Crippen LogP contribution in [0.1, 0.15) is 15.9 Å². The van der Waals surface area contributed by atoms with E-state index in [4.69, 9.17) is 23.2 Å². The quantitative estimate of drug-likeness (QED) is 0.473. The van der Waals surface area contributed by atoms with E-state index in [0.717, 1.165) is 17.4 Å². The highest BCUT2D eigenvalue weighted by Gasteiger charge is 2.26.